The first-order valence-electron chi connectivity index (χ1n) is 3.94. The van der Waals surface area contributed by atoms with E-state index in [1.165, 1.54) is 6.26 Å². The van der Waals surface area contributed by atoms with Gasteiger partial charge in [0.25, 0.3) is 0 Å². The Morgan fingerprint density at radius 2 is 2.21 bits per heavy atom. The molecule has 0 fully saturated rings. The lowest BCUT2D eigenvalue weighted by atomic mass is 10.4. The molecule has 0 aliphatic heterocycles. The van der Waals surface area contributed by atoms with Gasteiger partial charge in [-0.25, -0.2) is 4.79 Å². The largest absolute Gasteiger partial charge is 0.480 e. The van der Waals surface area contributed by atoms with Crippen molar-refractivity contribution in [2.24, 2.45) is 0 Å². The molecular weight excluding hydrogens is 188 g/mol. The van der Waals surface area contributed by atoms with Gasteiger partial charge in [0.05, 0.1) is 12.8 Å². The van der Waals surface area contributed by atoms with Crippen LogP contribution < -0.4 is 10.6 Å². The van der Waals surface area contributed by atoms with Crippen molar-refractivity contribution in [1.82, 2.24) is 10.6 Å². The third kappa shape index (κ3) is 3.61. The van der Waals surface area contributed by atoms with Gasteiger partial charge in [0.2, 0.25) is 0 Å². The quantitative estimate of drug-likeness (QED) is 0.642. The molecule has 0 atom stereocenters. The molecule has 1 aromatic heterocycles. The summed E-state index contributed by atoms with van der Waals surface area (Å²) in [6.07, 6.45) is 1.49. The minimum Gasteiger partial charge on any atom is -0.480 e. The molecule has 1 heterocycles. The summed E-state index contributed by atoms with van der Waals surface area (Å²) in [5, 5.41) is 12.8. The first kappa shape index (κ1) is 10.1. The average molecular weight is 198 g/mol. The normalized spacial score (nSPS) is 9.43. The van der Waals surface area contributed by atoms with Crippen LogP contribution in [0.25, 0.3) is 0 Å². The molecule has 1 aromatic rings. The molecule has 0 saturated carbocycles. The Labute approximate surface area is 79.9 Å². The van der Waals surface area contributed by atoms with Gasteiger partial charge in [0.1, 0.15) is 12.3 Å². The summed E-state index contributed by atoms with van der Waals surface area (Å²) in [6, 6.07) is 2.87. The van der Waals surface area contributed by atoms with Gasteiger partial charge in [-0.2, -0.15) is 0 Å². The van der Waals surface area contributed by atoms with Crippen molar-refractivity contribution in [2.75, 3.05) is 6.54 Å². The molecule has 3 N–H and O–H groups in total. The molecule has 6 nitrogen and oxygen atoms in total. The molecule has 76 valence electrons. The summed E-state index contributed by atoms with van der Waals surface area (Å²) in [5.41, 5.74) is 0. The second kappa shape index (κ2) is 4.90. The molecule has 0 unspecified atom stereocenters. The summed E-state index contributed by atoms with van der Waals surface area (Å²) < 4.78 is 4.95. The van der Waals surface area contributed by atoms with Crippen LogP contribution in [0, 0.1) is 0 Å². The van der Waals surface area contributed by atoms with Crippen LogP contribution in [0.4, 0.5) is 4.79 Å². The lowest BCUT2D eigenvalue weighted by molar-refractivity contribution is -0.135. The molecule has 0 saturated heterocycles. The van der Waals surface area contributed by atoms with Gasteiger partial charge >= 0.3 is 12.0 Å². The van der Waals surface area contributed by atoms with Crippen LogP contribution in [0.5, 0.6) is 0 Å². The van der Waals surface area contributed by atoms with Crippen molar-refractivity contribution in [2.45, 2.75) is 6.54 Å². The highest BCUT2D eigenvalue weighted by Crippen LogP contribution is 1.97. The summed E-state index contributed by atoms with van der Waals surface area (Å²) >= 11 is 0. The van der Waals surface area contributed by atoms with E-state index in [2.05, 4.69) is 10.6 Å². The second-order valence-corrected chi connectivity index (χ2v) is 2.51. The van der Waals surface area contributed by atoms with E-state index in [1.54, 1.807) is 12.1 Å². The molecule has 2 amide bonds. The summed E-state index contributed by atoms with van der Waals surface area (Å²) in [5.74, 6) is -0.478. The standard InChI is InChI=1S/C8H10N2O4/c11-7(12)5-10-8(13)9-4-6-2-1-3-14-6/h1-3H,4-5H2,(H,11,12)(H2,9,10,13). The fourth-order valence-electron chi connectivity index (χ4n) is 0.799. The van der Waals surface area contributed by atoms with Gasteiger partial charge in [-0.3, -0.25) is 4.79 Å². The van der Waals surface area contributed by atoms with Gasteiger partial charge in [-0.15, -0.1) is 0 Å². The van der Waals surface area contributed by atoms with Crippen LogP contribution >= 0.6 is 0 Å². The van der Waals surface area contributed by atoms with Crippen molar-refractivity contribution < 1.29 is 19.1 Å². The second-order valence-electron chi connectivity index (χ2n) is 2.51. The van der Waals surface area contributed by atoms with E-state index < -0.39 is 18.5 Å². The Balaban J connectivity index is 2.18. The fourth-order valence-corrected chi connectivity index (χ4v) is 0.799. The molecular formula is C8H10N2O4. The number of nitrogens with one attached hydrogen (secondary N) is 2. The van der Waals surface area contributed by atoms with Crippen LogP contribution in [0.1, 0.15) is 5.76 Å². The summed E-state index contributed by atoms with van der Waals surface area (Å²) in [7, 11) is 0. The lowest BCUT2D eigenvalue weighted by Crippen LogP contribution is -2.37. The van der Waals surface area contributed by atoms with E-state index in [0.717, 1.165) is 0 Å². The Hall–Kier alpha value is -1.98. The topological polar surface area (TPSA) is 91.6 Å². The zero-order valence-electron chi connectivity index (χ0n) is 7.32. The van der Waals surface area contributed by atoms with E-state index in [0.29, 0.717) is 5.76 Å². The number of carboxylic acid groups (broad SMARTS) is 1. The maximum atomic E-state index is 10.9. The third-order valence-electron chi connectivity index (χ3n) is 1.40. The number of amides is 2. The number of hydrogen-bond acceptors (Lipinski definition) is 3. The first-order valence-corrected chi connectivity index (χ1v) is 3.94. The van der Waals surface area contributed by atoms with Crippen LogP contribution in [0.15, 0.2) is 22.8 Å². The maximum absolute atomic E-state index is 10.9. The van der Waals surface area contributed by atoms with Crippen LogP contribution in [0.2, 0.25) is 0 Å². The molecule has 0 bridgehead atoms. The monoisotopic (exact) mass is 198 g/mol. The van der Waals surface area contributed by atoms with Gasteiger partial charge in [0, 0.05) is 0 Å². The molecule has 0 aliphatic carbocycles. The number of carbonyl (C=O) groups excluding carboxylic acids is 1. The van der Waals surface area contributed by atoms with E-state index in [1.807, 2.05) is 0 Å². The number of aliphatic carboxylic acids is 1. The van der Waals surface area contributed by atoms with Crippen LogP contribution in [0.3, 0.4) is 0 Å². The predicted octanol–water partition coefficient (Wildman–Crippen LogP) is 0.163. The first-order chi connectivity index (χ1) is 6.68. The van der Waals surface area contributed by atoms with Gasteiger partial charge < -0.3 is 20.2 Å². The Morgan fingerprint density at radius 1 is 1.43 bits per heavy atom. The van der Waals surface area contributed by atoms with Crippen LogP contribution in [-0.4, -0.2) is 23.7 Å². The number of urea groups is 1. The molecule has 0 aromatic carbocycles. The van der Waals surface area contributed by atoms with E-state index in [4.69, 9.17) is 9.52 Å². The average Bonchev–Trinajstić information content (AvgIpc) is 2.63. The molecule has 0 radical (unpaired) electrons. The van der Waals surface area contributed by atoms with Crippen molar-refractivity contribution in [1.29, 1.82) is 0 Å². The van der Waals surface area contributed by atoms with Gasteiger partial charge in [-0.05, 0) is 12.1 Å². The number of furan rings is 1. The number of rotatable bonds is 4. The SMILES string of the molecule is O=C(O)CNC(=O)NCc1ccco1. The van der Waals surface area contributed by atoms with E-state index in [-0.39, 0.29) is 6.54 Å². The fraction of sp³-hybridized carbons (Fsp3) is 0.250. The maximum Gasteiger partial charge on any atom is 0.323 e. The highest BCUT2D eigenvalue weighted by atomic mass is 16.4. The Bertz CT molecular complexity index is 307. The number of carbonyl (C=O) groups is 2. The Kier molecular flexibility index (Phi) is 3.54. The molecule has 14 heavy (non-hydrogen) atoms. The third-order valence-corrected chi connectivity index (χ3v) is 1.40. The highest BCUT2D eigenvalue weighted by Gasteiger charge is 2.03. The zero-order valence-corrected chi connectivity index (χ0v) is 7.32. The smallest absolute Gasteiger partial charge is 0.323 e. The Morgan fingerprint density at radius 3 is 2.79 bits per heavy atom. The van der Waals surface area contributed by atoms with Crippen molar-refractivity contribution >= 4 is 12.0 Å². The van der Waals surface area contributed by atoms with Crippen molar-refractivity contribution in [3.8, 4) is 0 Å². The van der Waals surface area contributed by atoms with E-state index >= 15 is 0 Å². The number of carboxylic acids is 1. The molecule has 0 aliphatic rings. The van der Waals surface area contributed by atoms with Crippen LogP contribution in [-0.2, 0) is 11.3 Å². The molecule has 1 rings (SSSR count). The summed E-state index contributed by atoms with van der Waals surface area (Å²) in [4.78, 5) is 21.0. The predicted molar refractivity (Wildman–Crippen MR) is 46.6 cm³/mol. The highest BCUT2D eigenvalue weighted by molar-refractivity contribution is 5.79. The lowest BCUT2D eigenvalue weighted by Gasteiger charge is -2.03. The minimum atomic E-state index is -1.09. The number of hydrogen-bond donors (Lipinski definition) is 3. The summed E-state index contributed by atoms with van der Waals surface area (Å²) in [6.45, 7) is -0.164. The van der Waals surface area contributed by atoms with E-state index in [9.17, 15) is 9.59 Å². The van der Waals surface area contributed by atoms with Crippen molar-refractivity contribution in [3.05, 3.63) is 24.2 Å². The van der Waals surface area contributed by atoms with Crippen molar-refractivity contribution in [3.63, 3.8) is 0 Å². The minimum absolute atomic E-state index is 0.235. The van der Waals surface area contributed by atoms with Gasteiger partial charge in [0.15, 0.2) is 0 Å². The molecule has 0 spiro atoms. The van der Waals surface area contributed by atoms with Gasteiger partial charge in [-0.1, -0.05) is 0 Å². The zero-order chi connectivity index (χ0) is 10.4. The molecule has 6 heteroatoms.